The van der Waals surface area contributed by atoms with Gasteiger partial charge in [-0.2, -0.15) is 5.26 Å². The highest BCUT2D eigenvalue weighted by Crippen LogP contribution is 2.36. The minimum Gasteiger partial charge on any atom is -0.357 e. The molecule has 8 heteroatoms. The number of amides is 1. The van der Waals surface area contributed by atoms with Gasteiger partial charge in [0.15, 0.2) is 0 Å². The molecule has 32 heavy (non-hydrogen) atoms. The van der Waals surface area contributed by atoms with Gasteiger partial charge in [-0.05, 0) is 44.2 Å². The van der Waals surface area contributed by atoms with Crippen molar-refractivity contribution in [3.63, 3.8) is 0 Å². The lowest BCUT2D eigenvalue weighted by Crippen LogP contribution is -2.33. The molecule has 2 aliphatic heterocycles. The SMILES string of the molecule is CCCCCCN1C(=O)C(=Cc2c(C)c(C#N)c(=O)n(CCC)c2N2CCCC2)SC1=S. The van der Waals surface area contributed by atoms with Gasteiger partial charge in [-0.15, -0.1) is 0 Å². The zero-order chi connectivity index (χ0) is 23.3. The highest BCUT2D eigenvalue weighted by molar-refractivity contribution is 8.26. The molecule has 3 rings (SSSR count). The zero-order valence-electron chi connectivity index (χ0n) is 19.3. The predicted octanol–water partition coefficient (Wildman–Crippen LogP) is 4.82. The fourth-order valence-electron chi connectivity index (χ4n) is 4.37. The maximum Gasteiger partial charge on any atom is 0.270 e. The van der Waals surface area contributed by atoms with Crippen LogP contribution in [0.2, 0.25) is 0 Å². The Hall–Kier alpha value is -2.11. The van der Waals surface area contributed by atoms with E-state index >= 15 is 0 Å². The lowest BCUT2D eigenvalue weighted by molar-refractivity contribution is -0.122. The number of unbranched alkanes of at least 4 members (excludes halogenated alkanes) is 3. The molecule has 1 amide bonds. The second-order valence-electron chi connectivity index (χ2n) is 8.39. The van der Waals surface area contributed by atoms with E-state index in [0.29, 0.717) is 27.9 Å². The molecule has 0 saturated carbocycles. The second kappa shape index (κ2) is 11.2. The number of hydrogen-bond donors (Lipinski definition) is 0. The molecule has 3 heterocycles. The number of anilines is 1. The van der Waals surface area contributed by atoms with Crippen LogP contribution in [0.5, 0.6) is 0 Å². The summed E-state index contributed by atoms with van der Waals surface area (Å²) in [6.07, 6.45) is 9.10. The number of nitriles is 1. The predicted molar refractivity (Wildman–Crippen MR) is 136 cm³/mol. The van der Waals surface area contributed by atoms with Crippen LogP contribution in [0.4, 0.5) is 5.82 Å². The Kier molecular flexibility index (Phi) is 8.55. The summed E-state index contributed by atoms with van der Waals surface area (Å²) in [6.45, 7) is 8.91. The van der Waals surface area contributed by atoms with Crippen molar-refractivity contribution in [3.05, 3.63) is 31.9 Å². The number of carbonyl (C=O) groups excluding carboxylic acids is 1. The Labute approximate surface area is 200 Å². The van der Waals surface area contributed by atoms with Gasteiger partial charge in [0.1, 0.15) is 21.8 Å². The summed E-state index contributed by atoms with van der Waals surface area (Å²) in [5.74, 6) is 0.758. The Morgan fingerprint density at radius 1 is 1.09 bits per heavy atom. The van der Waals surface area contributed by atoms with E-state index in [4.69, 9.17) is 12.2 Å². The lowest BCUT2D eigenvalue weighted by atomic mass is 10.0. The molecule has 1 aromatic heterocycles. The van der Waals surface area contributed by atoms with Crippen molar-refractivity contribution in [2.75, 3.05) is 24.5 Å². The number of aromatic nitrogens is 1. The van der Waals surface area contributed by atoms with E-state index in [9.17, 15) is 14.9 Å². The first-order valence-electron chi connectivity index (χ1n) is 11.6. The monoisotopic (exact) mass is 472 g/mol. The van der Waals surface area contributed by atoms with Crippen LogP contribution in [0, 0.1) is 18.3 Å². The van der Waals surface area contributed by atoms with E-state index in [0.717, 1.165) is 69.4 Å². The van der Waals surface area contributed by atoms with Crippen molar-refractivity contribution in [1.29, 1.82) is 5.26 Å². The molecule has 0 aliphatic carbocycles. The fraction of sp³-hybridized carbons (Fsp3) is 0.583. The second-order valence-corrected chi connectivity index (χ2v) is 10.1. The molecule has 0 spiro atoms. The van der Waals surface area contributed by atoms with E-state index in [1.807, 2.05) is 19.9 Å². The van der Waals surface area contributed by atoms with Crippen molar-refractivity contribution in [2.24, 2.45) is 0 Å². The number of rotatable bonds is 9. The first-order valence-corrected chi connectivity index (χ1v) is 12.8. The topological polar surface area (TPSA) is 69.3 Å². The molecule has 2 fully saturated rings. The molecule has 1 aromatic rings. The highest BCUT2D eigenvalue weighted by Gasteiger charge is 2.33. The number of thiocarbonyl (C=S) groups is 1. The quantitative estimate of drug-likeness (QED) is 0.292. The fourth-order valence-corrected chi connectivity index (χ4v) is 5.66. The van der Waals surface area contributed by atoms with E-state index in [1.165, 1.54) is 11.8 Å². The number of carbonyl (C=O) groups is 1. The van der Waals surface area contributed by atoms with Crippen LogP contribution in [-0.4, -0.2) is 39.3 Å². The molecule has 2 saturated heterocycles. The van der Waals surface area contributed by atoms with Crippen LogP contribution in [0.1, 0.15) is 75.5 Å². The van der Waals surface area contributed by atoms with Gasteiger partial charge in [-0.1, -0.05) is 57.1 Å². The maximum atomic E-state index is 13.2. The first kappa shape index (κ1) is 24.5. The van der Waals surface area contributed by atoms with Gasteiger partial charge in [-0.25, -0.2) is 0 Å². The summed E-state index contributed by atoms with van der Waals surface area (Å²) < 4.78 is 2.31. The minimum absolute atomic E-state index is 0.0741. The number of pyridine rings is 1. The van der Waals surface area contributed by atoms with Gasteiger partial charge in [-0.3, -0.25) is 19.1 Å². The van der Waals surface area contributed by atoms with Crippen LogP contribution in [0.15, 0.2) is 9.70 Å². The van der Waals surface area contributed by atoms with E-state index in [2.05, 4.69) is 17.9 Å². The summed E-state index contributed by atoms with van der Waals surface area (Å²) >= 11 is 6.83. The van der Waals surface area contributed by atoms with Crippen molar-refractivity contribution >= 4 is 46.1 Å². The highest BCUT2D eigenvalue weighted by atomic mass is 32.2. The Balaban J connectivity index is 2.07. The summed E-state index contributed by atoms with van der Waals surface area (Å²) in [7, 11) is 0. The standard InChI is InChI=1S/C24H32N4O2S2/c1-4-6-7-8-14-28-23(30)20(32-24(28)31)15-18-17(3)19(16-25)22(29)27(11-5-2)21(18)26-12-9-10-13-26/h15H,4-14H2,1-3H3. The minimum atomic E-state index is -0.241. The Morgan fingerprint density at radius 2 is 1.81 bits per heavy atom. The first-order chi connectivity index (χ1) is 15.4. The van der Waals surface area contributed by atoms with Crippen molar-refractivity contribution in [1.82, 2.24) is 9.47 Å². The van der Waals surface area contributed by atoms with Gasteiger partial charge in [0.2, 0.25) is 0 Å². The van der Waals surface area contributed by atoms with Crippen LogP contribution < -0.4 is 10.5 Å². The third kappa shape index (κ3) is 4.94. The summed E-state index contributed by atoms with van der Waals surface area (Å²) in [4.78, 5) is 30.8. The molecular formula is C24H32N4O2S2. The molecule has 0 bridgehead atoms. The van der Waals surface area contributed by atoms with E-state index < -0.39 is 0 Å². The van der Waals surface area contributed by atoms with E-state index in [-0.39, 0.29) is 17.0 Å². The molecule has 0 radical (unpaired) electrons. The molecular weight excluding hydrogens is 440 g/mol. The van der Waals surface area contributed by atoms with Crippen LogP contribution in [0.3, 0.4) is 0 Å². The van der Waals surface area contributed by atoms with Crippen molar-refractivity contribution < 1.29 is 4.79 Å². The Morgan fingerprint density at radius 3 is 2.44 bits per heavy atom. The lowest BCUT2D eigenvalue weighted by Gasteiger charge is -2.26. The van der Waals surface area contributed by atoms with Crippen LogP contribution >= 0.6 is 24.0 Å². The largest absolute Gasteiger partial charge is 0.357 e. The van der Waals surface area contributed by atoms with Gasteiger partial charge in [0.05, 0.1) is 4.91 Å². The van der Waals surface area contributed by atoms with Gasteiger partial charge in [0.25, 0.3) is 11.5 Å². The third-order valence-electron chi connectivity index (χ3n) is 6.08. The molecule has 0 aromatic carbocycles. The average molecular weight is 473 g/mol. The molecule has 0 atom stereocenters. The molecule has 172 valence electrons. The van der Waals surface area contributed by atoms with Crippen LogP contribution in [-0.2, 0) is 11.3 Å². The van der Waals surface area contributed by atoms with Gasteiger partial charge in [0, 0.05) is 31.7 Å². The van der Waals surface area contributed by atoms with Gasteiger partial charge >= 0.3 is 0 Å². The van der Waals surface area contributed by atoms with E-state index in [1.54, 1.807) is 9.47 Å². The number of nitrogens with zero attached hydrogens (tertiary/aromatic N) is 4. The van der Waals surface area contributed by atoms with Crippen LogP contribution in [0.25, 0.3) is 6.08 Å². The number of thioether (sulfide) groups is 1. The molecule has 0 unspecified atom stereocenters. The molecule has 6 nitrogen and oxygen atoms in total. The normalized spacial score (nSPS) is 17.6. The van der Waals surface area contributed by atoms with Crippen molar-refractivity contribution in [2.45, 2.75) is 72.3 Å². The van der Waals surface area contributed by atoms with Crippen molar-refractivity contribution in [3.8, 4) is 6.07 Å². The average Bonchev–Trinajstić information content (AvgIpc) is 3.39. The third-order valence-corrected chi connectivity index (χ3v) is 7.46. The summed E-state index contributed by atoms with van der Waals surface area (Å²) in [5, 5.41) is 9.71. The summed E-state index contributed by atoms with van der Waals surface area (Å²) in [5.41, 5.74) is 1.35. The van der Waals surface area contributed by atoms with Gasteiger partial charge < -0.3 is 4.90 Å². The maximum absolute atomic E-state index is 13.2. The number of hydrogen-bond acceptors (Lipinski definition) is 6. The molecule has 2 aliphatic rings. The zero-order valence-corrected chi connectivity index (χ0v) is 20.9. The molecule has 0 N–H and O–H groups in total. The smallest absolute Gasteiger partial charge is 0.270 e. The summed E-state index contributed by atoms with van der Waals surface area (Å²) in [6, 6.07) is 2.11. The Bertz CT molecular complexity index is 1020.